The Kier molecular flexibility index (Phi) is 4.90. The summed E-state index contributed by atoms with van der Waals surface area (Å²) in [6, 6.07) is 0. The van der Waals surface area contributed by atoms with Gasteiger partial charge < -0.3 is 0 Å². The van der Waals surface area contributed by atoms with Crippen molar-refractivity contribution in [3.05, 3.63) is 0 Å². The first-order chi connectivity index (χ1) is 10.1. The van der Waals surface area contributed by atoms with Crippen molar-refractivity contribution in [3.8, 4) is 0 Å². The molecule has 0 saturated heterocycles. The van der Waals surface area contributed by atoms with Gasteiger partial charge in [-0.1, -0.05) is 48.0 Å². The molecule has 2 nitrogen and oxygen atoms in total. The molecule has 0 spiro atoms. The van der Waals surface area contributed by atoms with E-state index in [1.165, 1.54) is 19.3 Å². The van der Waals surface area contributed by atoms with E-state index in [4.69, 9.17) is 0 Å². The van der Waals surface area contributed by atoms with E-state index in [0.717, 1.165) is 19.3 Å². The predicted octanol–water partition coefficient (Wildman–Crippen LogP) is 5.05. The molecule has 0 amide bonds. The molecule has 5 atom stereocenters. The maximum atomic E-state index is 13.0. The molecule has 0 aromatic rings. The van der Waals surface area contributed by atoms with Crippen molar-refractivity contribution in [3.63, 3.8) is 0 Å². The Bertz CT molecular complexity index is 451. The summed E-state index contributed by atoms with van der Waals surface area (Å²) in [6.45, 7) is 13.1. The summed E-state index contributed by atoms with van der Waals surface area (Å²) in [7, 11) is 0. The van der Waals surface area contributed by atoms with Crippen LogP contribution < -0.4 is 0 Å². The average molecular weight is 306 g/mol. The van der Waals surface area contributed by atoms with Crippen LogP contribution in [0.3, 0.4) is 0 Å². The van der Waals surface area contributed by atoms with Gasteiger partial charge in [0, 0.05) is 11.8 Å². The Morgan fingerprint density at radius 1 is 1.14 bits per heavy atom. The molecule has 2 aliphatic rings. The largest absolute Gasteiger partial charge is 0.291 e. The molecule has 0 heterocycles. The zero-order valence-electron chi connectivity index (χ0n) is 15.4. The molecule has 2 fully saturated rings. The number of ketones is 2. The molecular formula is C20H34O2. The predicted molar refractivity (Wildman–Crippen MR) is 90.6 cm³/mol. The topological polar surface area (TPSA) is 34.1 Å². The van der Waals surface area contributed by atoms with E-state index < -0.39 is 0 Å². The lowest BCUT2D eigenvalue weighted by molar-refractivity contribution is -0.155. The quantitative estimate of drug-likeness (QED) is 0.681. The third-order valence-corrected chi connectivity index (χ3v) is 7.05. The smallest absolute Gasteiger partial charge is 0.202 e. The van der Waals surface area contributed by atoms with Crippen LogP contribution in [0.5, 0.6) is 0 Å². The molecule has 2 heteroatoms. The van der Waals surface area contributed by atoms with E-state index in [-0.39, 0.29) is 28.8 Å². The van der Waals surface area contributed by atoms with Crippen LogP contribution >= 0.6 is 0 Å². The molecule has 0 unspecified atom stereocenters. The second-order valence-electron chi connectivity index (χ2n) is 8.97. The SMILES string of the molecule is CC[C@@H](C)C(=O)C(=O)[C@H]1[C@@H](C)CC[C@H]2C(C)(C)CCC[C@]12C. The van der Waals surface area contributed by atoms with Gasteiger partial charge in [-0.05, 0) is 54.8 Å². The Balaban J connectivity index is 2.35. The summed E-state index contributed by atoms with van der Waals surface area (Å²) in [5.41, 5.74) is 0.310. The van der Waals surface area contributed by atoms with Crippen LogP contribution in [0.1, 0.15) is 80.1 Å². The highest BCUT2D eigenvalue weighted by Crippen LogP contribution is 2.61. The molecule has 2 rings (SSSR count). The molecule has 0 aromatic heterocycles. The van der Waals surface area contributed by atoms with E-state index in [2.05, 4.69) is 27.7 Å². The number of rotatable bonds is 4. The normalized spacial score (nSPS) is 38.9. The van der Waals surface area contributed by atoms with Crippen molar-refractivity contribution in [2.45, 2.75) is 80.1 Å². The monoisotopic (exact) mass is 306 g/mol. The number of hydrogen-bond donors (Lipinski definition) is 0. The maximum absolute atomic E-state index is 13.0. The zero-order valence-corrected chi connectivity index (χ0v) is 15.4. The first-order valence-electron chi connectivity index (χ1n) is 9.23. The fraction of sp³-hybridized carbons (Fsp3) is 0.900. The average Bonchev–Trinajstić information content (AvgIpc) is 2.43. The van der Waals surface area contributed by atoms with Gasteiger partial charge in [0.1, 0.15) is 0 Å². The molecule has 22 heavy (non-hydrogen) atoms. The Morgan fingerprint density at radius 2 is 1.77 bits per heavy atom. The summed E-state index contributed by atoms with van der Waals surface area (Å²) in [6.07, 6.45) is 6.61. The number of carbonyl (C=O) groups is 2. The number of fused-ring (bicyclic) bond motifs is 1. The highest BCUT2D eigenvalue weighted by Gasteiger charge is 2.56. The summed E-state index contributed by atoms with van der Waals surface area (Å²) < 4.78 is 0. The van der Waals surface area contributed by atoms with Gasteiger partial charge in [-0.25, -0.2) is 0 Å². The second-order valence-corrected chi connectivity index (χ2v) is 8.97. The van der Waals surface area contributed by atoms with Crippen LogP contribution in [-0.4, -0.2) is 11.6 Å². The number of Topliss-reactive ketones (excluding diaryl/α,β-unsaturated/α-hetero) is 2. The summed E-state index contributed by atoms with van der Waals surface area (Å²) in [5, 5.41) is 0. The lowest BCUT2D eigenvalue weighted by Gasteiger charge is -2.58. The number of hydrogen-bond acceptors (Lipinski definition) is 2. The van der Waals surface area contributed by atoms with Gasteiger partial charge in [0.05, 0.1) is 0 Å². The highest BCUT2D eigenvalue weighted by atomic mass is 16.2. The van der Waals surface area contributed by atoms with Gasteiger partial charge in [-0.15, -0.1) is 0 Å². The van der Waals surface area contributed by atoms with Crippen molar-refractivity contribution >= 4 is 11.6 Å². The van der Waals surface area contributed by atoms with E-state index in [0.29, 0.717) is 17.3 Å². The molecular weight excluding hydrogens is 272 g/mol. The molecule has 126 valence electrons. The molecule has 0 bridgehead atoms. The molecule has 2 saturated carbocycles. The molecule has 0 aromatic carbocycles. The third kappa shape index (κ3) is 2.78. The van der Waals surface area contributed by atoms with E-state index in [1.54, 1.807) is 0 Å². The van der Waals surface area contributed by atoms with Crippen LogP contribution in [0.25, 0.3) is 0 Å². The maximum Gasteiger partial charge on any atom is 0.202 e. The third-order valence-electron chi connectivity index (χ3n) is 7.05. The van der Waals surface area contributed by atoms with Gasteiger partial charge >= 0.3 is 0 Å². The van der Waals surface area contributed by atoms with Crippen LogP contribution in [-0.2, 0) is 9.59 Å². The minimum absolute atomic E-state index is 0.0135. The molecule has 0 radical (unpaired) electrons. The van der Waals surface area contributed by atoms with E-state index in [1.807, 2.05) is 13.8 Å². The zero-order chi connectivity index (χ0) is 16.7. The fourth-order valence-electron chi connectivity index (χ4n) is 5.64. The van der Waals surface area contributed by atoms with Crippen molar-refractivity contribution in [1.82, 2.24) is 0 Å². The Hall–Kier alpha value is -0.660. The van der Waals surface area contributed by atoms with E-state index in [9.17, 15) is 9.59 Å². The van der Waals surface area contributed by atoms with Crippen LogP contribution in [0.4, 0.5) is 0 Å². The fourth-order valence-corrected chi connectivity index (χ4v) is 5.64. The van der Waals surface area contributed by atoms with Crippen molar-refractivity contribution < 1.29 is 9.59 Å². The lowest BCUT2D eigenvalue weighted by Crippen LogP contribution is -2.55. The van der Waals surface area contributed by atoms with Crippen LogP contribution in [0, 0.1) is 34.5 Å². The standard InChI is InChI=1S/C20H34O2/c1-7-13(2)17(21)18(22)16-14(3)9-10-15-19(4,5)11-8-12-20(15,16)6/h13-16H,7-12H2,1-6H3/t13-,14+,15+,16-,20+/m1/s1. The van der Waals surface area contributed by atoms with Gasteiger partial charge in [0.15, 0.2) is 0 Å². The van der Waals surface area contributed by atoms with Crippen molar-refractivity contribution in [2.75, 3.05) is 0 Å². The summed E-state index contributed by atoms with van der Waals surface area (Å²) in [5.74, 6) is 0.545. The minimum Gasteiger partial charge on any atom is -0.291 e. The lowest BCUT2D eigenvalue weighted by atomic mass is 9.46. The first-order valence-corrected chi connectivity index (χ1v) is 9.23. The first kappa shape index (κ1) is 17.7. The Morgan fingerprint density at radius 3 is 2.36 bits per heavy atom. The van der Waals surface area contributed by atoms with Crippen molar-refractivity contribution in [1.29, 1.82) is 0 Å². The molecule has 0 aliphatic heterocycles. The molecule has 0 N–H and O–H groups in total. The highest BCUT2D eigenvalue weighted by molar-refractivity contribution is 6.38. The van der Waals surface area contributed by atoms with Crippen LogP contribution in [0.15, 0.2) is 0 Å². The Labute approximate surface area is 136 Å². The minimum atomic E-state index is -0.125. The van der Waals surface area contributed by atoms with Gasteiger partial charge in [0.2, 0.25) is 11.6 Å². The summed E-state index contributed by atoms with van der Waals surface area (Å²) >= 11 is 0. The van der Waals surface area contributed by atoms with Crippen molar-refractivity contribution in [2.24, 2.45) is 34.5 Å². The van der Waals surface area contributed by atoms with Crippen LogP contribution in [0.2, 0.25) is 0 Å². The van der Waals surface area contributed by atoms with Gasteiger partial charge in [0.25, 0.3) is 0 Å². The van der Waals surface area contributed by atoms with Gasteiger partial charge in [-0.2, -0.15) is 0 Å². The van der Waals surface area contributed by atoms with E-state index >= 15 is 0 Å². The van der Waals surface area contributed by atoms with Gasteiger partial charge in [-0.3, -0.25) is 9.59 Å². The summed E-state index contributed by atoms with van der Waals surface area (Å²) in [4.78, 5) is 25.6. The number of carbonyl (C=O) groups excluding carboxylic acids is 2. The molecule has 2 aliphatic carbocycles. The second kappa shape index (κ2) is 6.09.